The lowest BCUT2D eigenvalue weighted by Crippen LogP contribution is -2.47. The van der Waals surface area contributed by atoms with Crippen molar-refractivity contribution in [3.05, 3.63) is 28.8 Å². The van der Waals surface area contributed by atoms with Crippen LogP contribution in [-0.2, 0) is 0 Å². The Bertz CT molecular complexity index is 449. The third-order valence-electron chi connectivity index (χ3n) is 4.50. The Balaban J connectivity index is 2.07. The molecule has 2 nitrogen and oxygen atoms in total. The van der Waals surface area contributed by atoms with Gasteiger partial charge in [0.25, 0.3) is 0 Å². The van der Waals surface area contributed by atoms with E-state index in [1.165, 1.54) is 24.8 Å². The third kappa shape index (κ3) is 4.62. The quantitative estimate of drug-likeness (QED) is 0.800. The van der Waals surface area contributed by atoms with E-state index >= 15 is 0 Å². The average Bonchev–Trinajstić information content (AvgIpc) is 2.48. The highest BCUT2D eigenvalue weighted by molar-refractivity contribution is 6.32. The molecule has 1 N–H and O–H groups in total. The zero-order valence-electron chi connectivity index (χ0n) is 13.5. The van der Waals surface area contributed by atoms with Crippen LogP contribution in [0.3, 0.4) is 0 Å². The van der Waals surface area contributed by atoms with Gasteiger partial charge in [-0.2, -0.15) is 0 Å². The van der Waals surface area contributed by atoms with Crippen LogP contribution in [0.25, 0.3) is 0 Å². The molecule has 1 fully saturated rings. The summed E-state index contributed by atoms with van der Waals surface area (Å²) in [6.07, 6.45) is 6.26. The van der Waals surface area contributed by atoms with Gasteiger partial charge in [0, 0.05) is 6.04 Å². The van der Waals surface area contributed by atoms with Crippen molar-refractivity contribution < 1.29 is 4.74 Å². The van der Waals surface area contributed by atoms with E-state index < -0.39 is 0 Å². The van der Waals surface area contributed by atoms with Crippen LogP contribution in [0.4, 0.5) is 0 Å². The largest absolute Gasteiger partial charge is 0.487 e. The number of hydrogen-bond donors (Lipinski definition) is 1. The van der Waals surface area contributed by atoms with Gasteiger partial charge in [-0.3, -0.25) is 0 Å². The molecule has 0 spiro atoms. The Morgan fingerprint density at radius 1 is 1.29 bits per heavy atom. The van der Waals surface area contributed by atoms with E-state index in [0.29, 0.717) is 6.04 Å². The summed E-state index contributed by atoms with van der Waals surface area (Å²) in [4.78, 5) is 0. The van der Waals surface area contributed by atoms with E-state index in [2.05, 4.69) is 32.2 Å². The summed E-state index contributed by atoms with van der Waals surface area (Å²) in [5, 5.41) is 4.37. The van der Waals surface area contributed by atoms with Crippen LogP contribution in [-0.4, -0.2) is 18.7 Å². The number of ether oxygens (including phenoxy) is 1. The maximum Gasteiger partial charge on any atom is 0.138 e. The standard InChI is InChI=1S/C18H28ClNO/c1-4-10-20-16-8-7-14(5-2)12-18(16)21-17-9-6-13(3)11-15(17)19/h6,9,11,14,16,18,20H,4-5,7-8,10,12H2,1-3H3. The molecule has 0 aliphatic heterocycles. The lowest BCUT2D eigenvalue weighted by atomic mass is 9.82. The Morgan fingerprint density at radius 3 is 2.76 bits per heavy atom. The van der Waals surface area contributed by atoms with Crippen LogP contribution in [0.1, 0.15) is 51.5 Å². The summed E-state index contributed by atoms with van der Waals surface area (Å²) in [7, 11) is 0. The summed E-state index contributed by atoms with van der Waals surface area (Å²) in [5.74, 6) is 1.60. The number of benzene rings is 1. The van der Waals surface area contributed by atoms with Gasteiger partial charge < -0.3 is 10.1 Å². The molecule has 1 aromatic rings. The molecule has 0 saturated heterocycles. The lowest BCUT2D eigenvalue weighted by Gasteiger charge is -2.36. The highest BCUT2D eigenvalue weighted by Gasteiger charge is 2.31. The van der Waals surface area contributed by atoms with Gasteiger partial charge in [0.2, 0.25) is 0 Å². The van der Waals surface area contributed by atoms with Crippen LogP contribution in [0.2, 0.25) is 5.02 Å². The highest BCUT2D eigenvalue weighted by atomic mass is 35.5. The van der Waals surface area contributed by atoms with Gasteiger partial charge >= 0.3 is 0 Å². The maximum absolute atomic E-state index is 6.33. The molecule has 0 bridgehead atoms. The molecule has 3 heteroatoms. The van der Waals surface area contributed by atoms with Gasteiger partial charge in [0.15, 0.2) is 0 Å². The van der Waals surface area contributed by atoms with Gasteiger partial charge in [-0.25, -0.2) is 0 Å². The number of aryl methyl sites for hydroxylation is 1. The fourth-order valence-electron chi connectivity index (χ4n) is 3.14. The zero-order valence-corrected chi connectivity index (χ0v) is 14.2. The summed E-state index contributed by atoms with van der Waals surface area (Å²) in [6, 6.07) is 6.50. The van der Waals surface area contributed by atoms with Crippen LogP contribution < -0.4 is 10.1 Å². The predicted molar refractivity (Wildman–Crippen MR) is 90.3 cm³/mol. The van der Waals surface area contributed by atoms with Crippen molar-refractivity contribution in [1.29, 1.82) is 0 Å². The predicted octanol–water partition coefficient (Wildman–Crippen LogP) is 4.97. The first-order valence-corrected chi connectivity index (χ1v) is 8.68. The molecule has 1 aliphatic carbocycles. The van der Waals surface area contributed by atoms with Crippen LogP contribution in [0, 0.1) is 12.8 Å². The fourth-order valence-corrected chi connectivity index (χ4v) is 3.42. The second-order valence-corrected chi connectivity index (χ2v) is 6.65. The van der Waals surface area contributed by atoms with Crippen molar-refractivity contribution in [2.45, 2.75) is 65.0 Å². The smallest absolute Gasteiger partial charge is 0.138 e. The minimum absolute atomic E-state index is 0.232. The van der Waals surface area contributed by atoms with Crippen molar-refractivity contribution in [3.8, 4) is 5.75 Å². The Hall–Kier alpha value is -0.730. The molecular weight excluding hydrogens is 282 g/mol. The van der Waals surface area contributed by atoms with Crippen molar-refractivity contribution in [3.63, 3.8) is 0 Å². The van der Waals surface area contributed by atoms with Crippen molar-refractivity contribution in [2.24, 2.45) is 5.92 Å². The summed E-state index contributed by atoms with van der Waals surface area (Å²) in [6.45, 7) is 7.59. The number of halogens is 1. The molecule has 0 heterocycles. The maximum atomic E-state index is 6.33. The molecule has 1 aliphatic rings. The lowest BCUT2D eigenvalue weighted by molar-refractivity contribution is 0.0850. The minimum Gasteiger partial charge on any atom is -0.487 e. The Morgan fingerprint density at radius 2 is 2.10 bits per heavy atom. The highest BCUT2D eigenvalue weighted by Crippen LogP contribution is 2.33. The molecule has 0 aromatic heterocycles. The van der Waals surface area contributed by atoms with Gasteiger partial charge in [-0.1, -0.05) is 37.9 Å². The second-order valence-electron chi connectivity index (χ2n) is 6.24. The molecule has 1 aromatic carbocycles. The van der Waals surface area contributed by atoms with E-state index in [1.807, 2.05) is 12.1 Å². The topological polar surface area (TPSA) is 21.3 Å². The first-order valence-electron chi connectivity index (χ1n) is 8.30. The van der Waals surface area contributed by atoms with E-state index in [-0.39, 0.29) is 6.10 Å². The molecule has 0 radical (unpaired) electrons. The average molecular weight is 310 g/mol. The van der Waals surface area contributed by atoms with E-state index in [9.17, 15) is 0 Å². The van der Waals surface area contributed by atoms with Gasteiger partial charge in [0.05, 0.1) is 5.02 Å². The molecule has 3 atom stereocenters. The van der Waals surface area contributed by atoms with E-state index in [0.717, 1.165) is 36.1 Å². The molecule has 1 saturated carbocycles. The second kappa shape index (κ2) is 8.05. The van der Waals surface area contributed by atoms with Crippen LogP contribution in [0.5, 0.6) is 5.75 Å². The van der Waals surface area contributed by atoms with E-state index in [4.69, 9.17) is 16.3 Å². The SMILES string of the molecule is CCCNC1CCC(CC)CC1Oc1ccc(C)cc1Cl. The summed E-state index contributed by atoms with van der Waals surface area (Å²) >= 11 is 6.33. The van der Waals surface area contributed by atoms with Crippen molar-refractivity contribution in [1.82, 2.24) is 5.32 Å². The van der Waals surface area contributed by atoms with Crippen LogP contribution in [0.15, 0.2) is 18.2 Å². The van der Waals surface area contributed by atoms with Crippen molar-refractivity contribution in [2.75, 3.05) is 6.54 Å². The van der Waals surface area contributed by atoms with E-state index in [1.54, 1.807) is 0 Å². The zero-order chi connectivity index (χ0) is 15.2. The van der Waals surface area contributed by atoms with Crippen molar-refractivity contribution >= 4 is 11.6 Å². The third-order valence-corrected chi connectivity index (χ3v) is 4.80. The first kappa shape index (κ1) is 16.6. The summed E-state index contributed by atoms with van der Waals surface area (Å²) in [5.41, 5.74) is 1.17. The monoisotopic (exact) mass is 309 g/mol. The molecule has 2 rings (SSSR count). The van der Waals surface area contributed by atoms with Gasteiger partial charge in [0.1, 0.15) is 11.9 Å². The van der Waals surface area contributed by atoms with Gasteiger partial charge in [-0.15, -0.1) is 0 Å². The molecule has 21 heavy (non-hydrogen) atoms. The number of rotatable bonds is 6. The Kier molecular flexibility index (Phi) is 6.38. The fraction of sp³-hybridized carbons (Fsp3) is 0.667. The first-order chi connectivity index (χ1) is 10.1. The molecule has 0 amide bonds. The normalized spacial score (nSPS) is 25.8. The minimum atomic E-state index is 0.232. The Labute approximate surface area is 134 Å². The number of nitrogens with one attached hydrogen (secondary N) is 1. The summed E-state index contributed by atoms with van der Waals surface area (Å²) < 4.78 is 6.29. The molecule has 118 valence electrons. The molecule has 3 unspecified atom stereocenters. The number of hydrogen-bond acceptors (Lipinski definition) is 2. The van der Waals surface area contributed by atoms with Gasteiger partial charge in [-0.05, 0) is 62.8 Å². The molecular formula is C18H28ClNO. The van der Waals surface area contributed by atoms with Crippen LogP contribution >= 0.6 is 11.6 Å².